The Kier molecular flexibility index (Phi) is 4.13. The van der Waals surface area contributed by atoms with E-state index in [-0.39, 0.29) is 5.41 Å². The Balaban J connectivity index is 1.84. The van der Waals surface area contributed by atoms with Crippen LogP contribution in [0.15, 0.2) is 24.3 Å². The third kappa shape index (κ3) is 2.77. The maximum atomic E-state index is 11.0. The minimum Gasteiger partial charge on any atom is -0.388 e. The number of rotatable bonds is 4. The van der Waals surface area contributed by atoms with Crippen molar-refractivity contribution < 1.29 is 5.11 Å². The van der Waals surface area contributed by atoms with Crippen molar-refractivity contribution in [1.82, 2.24) is 0 Å². The van der Waals surface area contributed by atoms with E-state index in [1.165, 1.54) is 44.1 Å². The minimum atomic E-state index is -0.399. The normalized spacial score (nSPS) is 24.1. The van der Waals surface area contributed by atoms with E-state index in [4.69, 9.17) is 5.73 Å². The van der Waals surface area contributed by atoms with Crippen LogP contribution in [-0.4, -0.2) is 11.7 Å². The Hall–Kier alpha value is -0.860. The summed E-state index contributed by atoms with van der Waals surface area (Å²) < 4.78 is 0. The molecule has 1 atom stereocenters. The Bertz CT molecular complexity index is 444. The van der Waals surface area contributed by atoms with Gasteiger partial charge in [-0.3, -0.25) is 0 Å². The van der Waals surface area contributed by atoms with Gasteiger partial charge in [0, 0.05) is 12.0 Å². The number of benzene rings is 1. The molecule has 0 bridgehead atoms. The largest absolute Gasteiger partial charge is 0.388 e. The smallest absolute Gasteiger partial charge is 0.0858 e. The van der Waals surface area contributed by atoms with Crippen LogP contribution >= 0.6 is 0 Å². The molecule has 1 aromatic rings. The fourth-order valence-corrected chi connectivity index (χ4v) is 3.78. The lowest BCUT2D eigenvalue weighted by atomic mass is 9.73. The van der Waals surface area contributed by atoms with Gasteiger partial charge in [0.05, 0.1) is 6.10 Å². The van der Waals surface area contributed by atoms with E-state index in [1.807, 2.05) is 0 Å². The lowest BCUT2D eigenvalue weighted by molar-refractivity contribution is 0.0166. The van der Waals surface area contributed by atoms with Crippen LogP contribution in [0.3, 0.4) is 0 Å². The average Bonchev–Trinajstić information content (AvgIpc) is 3.33. The van der Waals surface area contributed by atoms with Crippen molar-refractivity contribution >= 4 is 0 Å². The fraction of sp³-hybridized carbons (Fsp3) is 0.667. The van der Waals surface area contributed by atoms with Crippen molar-refractivity contribution in [2.75, 3.05) is 6.54 Å². The van der Waals surface area contributed by atoms with Crippen molar-refractivity contribution in [3.05, 3.63) is 35.4 Å². The van der Waals surface area contributed by atoms with Crippen molar-refractivity contribution in [2.24, 2.45) is 11.1 Å². The summed E-state index contributed by atoms with van der Waals surface area (Å²) in [6.45, 7) is 0.599. The first-order valence-electron chi connectivity index (χ1n) is 8.23. The highest BCUT2D eigenvalue weighted by Gasteiger charge is 2.38. The second-order valence-electron chi connectivity index (χ2n) is 6.83. The molecular weight excluding hydrogens is 246 g/mol. The SMILES string of the molecule is NCC1(C(O)c2cccc(C3CC3)c2)CCCCCC1. The molecule has 3 N–H and O–H groups in total. The second kappa shape index (κ2) is 5.87. The van der Waals surface area contributed by atoms with Gasteiger partial charge in [-0.25, -0.2) is 0 Å². The summed E-state index contributed by atoms with van der Waals surface area (Å²) in [5, 5.41) is 11.0. The van der Waals surface area contributed by atoms with Gasteiger partial charge in [-0.05, 0) is 42.7 Å². The van der Waals surface area contributed by atoms with Crippen LogP contribution in [0.25, 0.3) is 0 Å². The third-order valence-corrected chi connectivity index (χ3v) is 5.36. The van der Waals surface area contributed by atoms with E-state index >= 15 is 0 Å². The first-order chi connectivity index (χ1) is 9.75. The molecule has 0 spiro atoms. The molecule has 3 rings (SSSR count). The fourth-order valence-electron chi connectivity index (χ4n) is 3.78. The summed E-state index contributed by atoms with van der Waals surface area (Å²) in [5.74, 6) is 0.741. The molecule has 0 aliphatic heterocycles. The molecule has 1 aromatic carbocycles. The molecule has 2 nitrogen and oxygen atoms in total. The molecule has 2 fully saturated rings. The van der Waals surface area contributed by atoms with Crippen molar-refractivity contribution in [2.45, 2.75) is 63.4 Å². The Labute approximate surface area is 122 Å². The molecular formula is C18H27NO. The first kappa shape index (κ1) is 14.1. The van der Waals surface area contributed by atoms with E-state index in [0.29, 0.717) is 6.54 Å². The highest BCUT2D eigenvalue weighted by Crippen LogP contribution is 2.46. The number of nitrogens with two attached hydrogens (primary N) is 1. The molecule has 20 heavy (non-hydrogen) atoms. The van der Waals surface area contributed by atoms with Crippen molar-refractivity contribution in [3.8, 4) is 0 Å². The van der Waals surface area contributed by atoms with Crippen LogP contribution < -0.4 is 5.73 Å². The summed E-state index contributed by atoms with van der Waals surface area (Å²) >= 11 is 0. The van der Waals surface area contributed by atoms with Gasteiger partial charge in [0.2, 0.25) is 0 Å². The quantitative estimate of drug-likeness (QED) is 0.817. The predicted molar refractivity (Wildman–Crippen MR) is 82.6 cm³/mol. The lowest BCUT2D eigenvalue weighted by Crippen LogP contribution is -2.36. The molecule has 2 aliphatic rings. The number of hydrogen-bond donors (Lipinski definition) is 2. The molecule has 0 heterocycles. The van der Waals surface area contributed by atoms with Crippen LogP contribution in [0.4, 0.5) is 0 Å². The molecule has 0 aromatic heterocycles. The summed E-state index contributed by atoms with van der Waals surface area (Å²) in [4.78, 5) is 0. The average molecular weight is 273 g/mol. The number of aliphatic hydroxyl groups is 1. The Morgan fingerprint density at radius 2 is 1.85 bits per heavy atom. The zero-order valence-corrected chi connectivity index (χ0v) is 12.4. The molecule has 1 unspecified atom stereocenters. The summed E-state index contributed by atoms with van der Waals surface area (Å²) in [7, 11) is 0. The minimum absolute atomic E-state index is 0.0985. The van der Waals surface area contributed by atoms with Gasteiger partial charge >= 0.3 is 0 Å². The van der Waals surface area contributed by atoms with Crippen molar-refractivity contribution in [1.29, 1.82) is 0 Å². The van der Waals surface area contributed by atoms with Gasteiger partial charge in [-0.1, -0.05) is 49.9 Å². The lowest BCUT2D eigenvalue weighted by Gasteiger charge is -2.37. The van der Waals surface area contributed by atoms with Gasteiger partial charge in [0.15, 0.2) is 0 Å². The van der Waals surface area contributed by atoms with Crippen LogP contribution in [0.5, 0.6) is 0 Å². The maximum Gasteiger partial charge on any atom is 0.0858 e. The summed E-state index contributed by atoms with van der Waals surface area (Å²) in [5.41, 5.74) is 8.49. The van der Waals surface area contributed by atoms with E-state index in [1.54, 1.807) is 0 Å². The van der Waals surface area contributed by atoms with Crippen LogP contribution in [0, 0.1) is 5.41 Å². The molecule has 0 amide bonds. The first-order valence-corrected chi connectivity index (χ1v) is 8.23. The monoisotopic (exact) mass is 273 g/mol. The van der Waals surface area contributed by atoms with E-state index < -0.39 is 6.10 Å². The molecule has 0 saturated heterocycles. The third-order valence-electron chi connectivity index (χ3n) is 5.36. The Morgan fingerprint density at radius 3 is 2.45 bits per heavy atom. The number of aliphatic hydroxyl groups excluding tert-OH is 1. The van der Waals surface area contributed by atoms with E-state index in [2.05, 4.69) is 24.3 Å². The molecule has 0 radical (unpaired) electrons. The van der Waals surface area contributed by atoms with Gasteiger partial charge in [-0.2, -0.15) is 0 Å². The Morgan fingerprint density at radius 1 is 1.15 bits per heavy atom. The van der Waals surface area contributed by atoms with Gasteiger partial charge in [0.25, 0.3) is 0 Å². The zero-order valence-electron chi connectivity index (χ0n) is 12.4. The van der Waals surface area contributed by atoms with Crippen LogP contribution in [0.2, 0.25) is 0 Å². The van der Waals surface area contributed by atoms with Gasteiger partial charge in [0.1, 0.15) is 0 Å². The predicted octanol–water partition coefficient (Wildman–Crippen LogP) is 3.90. The molecule has 2 aliphatic carbocycles. The van der Waals surface area contributed by atoms with Crippen LogP contribution in [-0.2, 0) is 0 Å². The van der Waals surface area contributed by atoms with Crippen LogP contribution in [0.1, 0.15) is 74.5 Å². The van der Waals surface area contributed by atoms with E-state index in [9.17, 15) is 5.11 Å². The second-order valence-corrected chi connectivity index (χ2v) is 6.83. The summed E-state index contributed by atoms with van der Waals surface area (Å²) in [6.07, 6.45) is 9.34. The molecule has 2 heteroatoms. The molecule has 2 saturated carbocycles. The highest BCUT2D eigenvalue weighted by molar-refractivity contribution is 5.31. The zero-order chi connectivity index (χ0) is 14.0. The topological polar surface area (TPSA) is 46.2 Å². The van der Waals surface area contributed by atoms with Gasteiger partial charge in [-0.15, -0.1) is 0 Å². The highest BCUT2D eigenvalue weighted by atomic mass is 16.3. The summed E-state index contributed by atoms with van der Waals surface area (Å²) in [6, 6.07) is 8.62. The maximum absolute atomic E-state index is 11.0. The standard InChI is InChI=1S/C18H27NO/c19-13-18(10-3-1-2-4-11-18)17(20)16-7-5-6-15(12-16)14-8-9-14/h5-7,12,14,17,20H,1-4,8-11,13,19H2. The number of hydrogen-bond acceptors (Lipinski definition) is 2. The van der Waals surface area contributed by atoms with Crippen molar-refractivity contribution in [3.63, 3.8) is 0 Å². The van der Waals surface area contributed by atoms with Gasteiger partial charge < -0.3 is 10.8 Å². The van der Waals surface area contributed by atoms with E-state index in [0.717, 1.165) is 24.3 Å². The molecule has 110 valence electrons.